The quantitative estimate of drug-likeness (QED) is 0.785. The van der Waals surface area contributed by atoms with Crippen LogP contribution in [0.2, 0.25) is 0 Å². The molecule has 2 atom stereocenters. The van der Waals surface area contributed by atoms with Crippen LogP contribution in [0.4, 0.5) is 0 Å². The van der Waals surface area contributed by atoms with E-state index in [1.165, 1.54) is 44.3 Å². The second-order valence-corrected chi connectivity index (χ2v) is 6.72. The fourth-order valence-corrected chi connectivity index (χ4v) is 4.15. The molecule has 2 aliphatic rings. The Morgan fingerprint density at radius 1 is 1.47 bits per heavy atom. The summed E-state index contributed by atoms with van der Waals surface area (Å²) >= 11 is 1.73. The van der Waals surface area contributed by atoms with Gasteiger partial charge in [0.2, 0.25) is 0 Å². The van der Waals surface area contributed by atoms with Crippen LogP contribution < -0.4 is 5.32 Å². The van der Waals surface area contributed by atoms with Crippen molar-refractivity contribution < 1.29 is 0 Å². The van der Waals surface area contributed by atoms with Crippen LogP contribution >= 0.6 is 11.3 Å². The number of aromatic nitrogens is 1. The van der Waals surface area contributed by atoms with E-state index in [1.54, 1.807) is 11.3 Å². The molecule has 1 heterocycles. The molecule has 94 valence electrons. The molecule has 2 unspecified atom stereocenters. The van der Waals surface area contributed by atoms with Gasteiger partial charge in [-0.1, -0.05) is 6.92 Å². The molecule has 0 bridgehead atoms. The summed E-state index contributed by atoms with van der Waals surface area (Å²) in [5.74, 6) is 2.11. The molecule has 0 saturated heterocycles. The fraction of sp³-hybridized carbons (Fsp3) is 0.786. The number of hydrogen-bond acceptors (Lipinski definition) is 3. The molecule has 3 rings (SSSR count). The van der Waals surface area contributed by atoms with Gasteiger partial charge in [-0.05, 0) is 55.9 Å². The monoisotopic (exact) mass is 250 g/mol. The molecule has 17 heavy (non-hydrogen) atoms. The smallest absolute Gasteiger partial charge is 0.0794 e. The van der Waals surface area contributed by atoms with Crippen LogP contribution in [0.5, 0.6) is 0 Å². The molecule has 0 amide bonds. The normalized spacial score (nSPS) is 34.9. The highest BCUT2D eigenvalue weighted by atomic mass is 32.1. The lowest BCUT2D eigenvalue weighted by Gasteiger charge is -2.30. The minimum absolute atomic E-state index is 0.525. The standard InChI is InChI=1S/C14H22N2S/c1-2-3-15-9-14(5-11-4-12(11)6-14)7-13-8-17-10-16-13/h8,10-12,15H,2-7,9H2,1H3. The average molecular weight is 250 g/mol. The molecule has 1 aromatic heterocycles. The summed E-state index contributed by atoms with van der Waals surface area (Å²) in [6, 6.07) is 0. The Kier molecular flexibility index (Phi) is 3.22. The van der Waals surface area contributed by atoms with E-state index in [1.807, 2.05) is 5.51 Å². The van der Waals surface area contributed by atoms with Crippen LogP contribution in [0.25, 0.3) is 0 Å². The van der Waals surface area contributed by atoms with E-state index in [0.29, 0.717) is 5.41 Å². The Balaban J connectivity index is 1.64. The van der Waals surface area contributed by atoms with Crippen molar-refractivity contribution in [2.24, 2.45) is 17.3 Å². The van der Waals surface area contributed by atoms with E-state index in [2.05, 4.69) is 22.6 Å². The zero-order valence-electron chi connectivity index (χ0n) is 10.6. The number of thiazole rings is 1. The van der Waals surface area contributed by atoms with Gasteiger partial charge in [0.1, 0.15) is 0 Å². The van der Waals surface area contributed by atoms with Gasteiger partial charge in [0.05, 0.1) is 11.2 Å². The number of rotatable bonds is 6. The zero-order valence-corrected chi connectivity index (χ0v) is 11.4. The van der Waals surface area contributed by atoms with E-state index >= 15 is 0 Å². The van der Waals surface area contributed by atoms with Gasteiger partial charge in [-0.3, -0.25) is 0 Å². The predicted octanol–water partition coefficient (Wildman–Crippen LogP) is 3.10. The third kappa shape index (κ3) is 2.55. The Bertz CT molecular complexity index is 350. The molecular formula is C14H22N2S. The van der Waals surface area contributed by atoms with Crippen LogP contribution in [0.1, 0.15) is 38.3 Å². The SMILES string of the molecule is CCCNCC1(Cc2cscn2)CC2CC2C1. The molecule has 1 aromatic rings. The number of nitrogens with zero attached hydrogens (tertiary/aromatic N) is 1. The molecule has 2 saturated carbocycles. The van der Waals surface area contributed by atoms with Crippen LogP contribution in [-0.2, 0) is 6.42 Å². The molecule has 0 aromatic carbocycles. The summed E-state index contributed by atoms with van der Waals surface area (Å²) in [6.45, 7) is 4.60. The molecule has 0 radical (unpaired) electrons. The highest BCUT2D eigenvalue weighted by Gasteiger charge is 2.53. The maximum atomic E-state index is 4.48. The Hall–Kier alpha value is -0.410. The minimum atomic E-state index is 0.525. The minimum Gasteiger partial charge on any atom is -0.316 e. The molecule has 0 spiro atoms. The number of nitrogens with one attached hydrogen (secondary N) is 1. The summed E-state index contributed by atoms with van der Waals surface area (Å²) in [6.07, 6.45) is 6.81. The van der Waals surface area contributed by atoms with Crippen molar-refractivity contribution in [3.63, 3.8) is 0 Å². The third-order valence-corrected chi connectivity index (χ3v) is 5.06. The summed E-state index contributed by atoms with van der Waals surface area (Å²) in [5, 5.41) is 5.87. The average Bonchev–Trinajstić information content (AvgIpc) is 2.77. The van der Waals surface area contributed by atoms with Gasteiger partial charge in [-0.25, -0.2) is 4.98 Å². The number of fused-ring (bicyclic) bond motifs is 1. The van der Waals surface area contributed by atoms with Crippen molar-refractivity contribution >= 4 is 11.3 Å². The van der Waals surface area contributed by atoms with Gasteiger partial charge in [-0.2, -0.15) is 0 Å². The molecule has 0 aliphatic heterocycles. The van der Waals surface area contributed by atoms with E-state index in [0.717, 1.165) is 18.4 Å². The number of hydrogen-bond donors (Lipinski definition) is 1. The molecule has 2 aliphatic carbocycles. The lowest BCUT2D eigenvalue weighted by atomic mass is 9.78. The van der Waals surface area contributed by atoms with Crippen LogP contribution in [0, 0.1) is 17.3 Å². The largest absolute Gasteiger partial charge is 0.316 e. The van der Waals surface area contributed by atoms with Gasteiger partial charge in [-0.15, -0.1) is 11.3 Å². The lowest BCUT2D eigenvalue weighted by molar-refractivity contribution is 0.247. The summed E-state index contributed by atoms with van der Waals surface area (Å²) in [4.78, 5) is 4.48. The summed E-state index contributed by atoms with van der Waals surface area (Å²) < 4.78 is 0. The van der Waals surface area contributed by atoms with E-state index in [4.69, 9.17) is 0 Å². The third-order valence-electron chi connectivity index (χ3n) is 4.43. The summed E-state index contributed by atoms with van der Waals surface area (Å²) in [7, 11) is 0. The van der Waals surface area contributed by atoms with Gasteiger partial charge in [0.25, 0.3) is 0 Å². The molecule has 2 fully saturated rings. The predicted molar refractivity (Wildman–Crippen MR) is 72.2 cm³/mol. The van der Waals surface area contributed by atoms with Crippen LogP contribution in [0.15, 0.2) is 10.9 Å². The second-order valence-electron chi connectivity index (χ2n) is 6.00. The van der Waals surface area contributed by atoms with Crippen LogP contribution in [0.3, 0.4) is 0 Å². The topological polar surface area (TPSA) is 24.9 Å². The Morgan fingerprint density at radius 3 is 2.94 bits per heavy atom. The maximum absolute atomic E-state index is 4.48. The van der Waals surface area contributed by atoms with Gasteiger partial charge in [0, 0.05) is 11.9 Å². The first kappa shape index (κ1) is 11.7. The summed E-state index contributed by atoms with van der Waals surface area (Å²) in [5.41, 5.74) is 3.81. The first-order valence-corrected chi connectivity index (χ1v) is 7.83. The molecular weight excluding hydrogens is 228 g/mol. The van der Waals surface area contributed by atoms with Gasteiger partial charge >= 0.3 is 0 Å². The van der Waals surface area contributed by atoms with Crippen molar-refractivity contribution in [3.8, 4) is 0 Å². The first-order valence-electron chi connectivity index (χ1n) is 6.89. The Morgan fingerprint density at radius 2 is 2.29 bits per heavy atom. The van der Waals surface area contributed by atoms with Crippen LogP contribution in [-0.4, -0.2) is 18.1 Å². The fourth-order valence-electron chi connectivity index (χ4n) is 3.60. The maximum Gasteiger partial charge on any atom is 0.0794 e. The van der Waals surface area contributed by atoms with Crippen molar-refractivity contribution in [2.75, 3.05) is 13.1 Å². The van der Waals surface area contributed by atoms with Crippen molar-refractivity contribution in [2.45, 2.75) is 39.0 Å². The van der Waals surface area contributed by atoms with Gasteiger partial charge < -0.3 is 5.32 Å². The van der Waals surface area contributed by atoms with Gasteiger partial charge in [0.15, 0.2) is 0 Å². The van der Waals surface area contributed by atoms with Crippen molar-refractivity contribution in [1.29, 1.82) is 0 Å². The van der Waals surface area contributed by atoms with Crippen molar-refractivity contribution in [1.82, 2.24) is 10.3 Å². The molecule has 2 nitrogen and oxygen atoms in total. The highest BCUT2D eigenvalue weighted by molar-refractivity contribution is 7.07. The molecule has 3 heteroatoms. The zero-order chi connectivity index (χ0) is 11.7. The first-order chi connectivity index (χ1) is 8.31. The van der Waals surface area contributed by atoms with E-state index < -0.39 is 0 Å². The highest BCUT2D eigenvalue weighted by Crippen LogP contribution is 2.60. The van der Waals surface area contributed by atoms with E-state index in [9.17, 15) is 0 Å². The van der Waals surface area contributed by atoms with Crippen molar-refractivity contribution in [3.05, 3.63) is 16.6 Å². The van der Waals surface area contributed by atoms with E-state index in [-0.39, 0.29) is 0 Å². The Labute approximate surface area is 108 Å². The lowest BCUT2D eigenvalue weighted by Crippen LogP contribution is -2.35. The second kappa shape index (κ2) is 4.69. The molecule has 1 N–H and O–H groups in total.